The molecule has 0 bridgehead atoms. The Morgan fingerprint density at radius 2 is 2.08 bits per heavy atom. The third-order valence-electron chi connectivity index (χ3n) is 4.32. The van der Waals surface area contributed by atoms with Crippen LogP contribution in [0.3, 0.4) is 0 Å². The molecular formula is C18H23F2NO4. The number of hydrogen-bond acceptors (Lipinski definition) is 3. The van der Waals surface area contributed by atoms with E-state index in [2.05, 4.69) is 0 Å². The molecule has 5 nitrogen and oxygen atoms in total. The van der Waals surface area contributed by atoms with Crippen molar-refractivity contribution in [1.29, 1.82) is 0 Å². The third kappa shape index (κ3) is 6.32. The van der Waals surface area contributed by atoms with Gasteiger partial charge in [-0.15, -0.1) is 0 Å². The lowest BCUT2D eigenvalue weighted by atomic mass is 9.93. The second-order valence-corrected chi connectivity index (χ2v) is 6.31. The summed E-state index contributed by atoms with van der Waals surface area (Å²) in [5, 5.41) is 8.75. The zero-order valence-corrected chi connectivity index (χ0v) is 14.0. The highest BCUT2D eigenvalue weighted by atomic mass is 19.1. The summed E-state index contributed by atoms with van der Waals surface area (Å²) in [5.74, 6) is -2.03. The molecule has 1 atom stereocenters. The Labute approximate surface area is 145 Å². The summed E-state index contributed by atoms with van der Waals surface area (Å²) in [7, 11) is 0. The Hall–Kier alpha value is -2.18. The van der Waals surface area contributed by atoms with Crippen LogP contribution in [-0.2, 0) is 9.59 Å². The van der Waals surface area contributed by atoms with Gasteiger partial charge < -0.3 is 14.7 Å². The van der Waals surface area contributed by atoms with Crippen LogP contribution in [0.4, 0.5) is 8.78 Å². The number of carbonyl (C=O) groups excluding carboxylic acids is 1. The zero-order valence-electron chi connectivity index (χ0n) is 14.0. The van der Waals surface area contributed by atoms with Crippen LogP contribution < -0.4 is 4.74 Å². The molecule has 0 saturated carbocycles. The first kappa shape index (κ1) is 19.1. The molecule has 1 fully saturated rings. The molecule has 1 saturated heterocycles. The van der Waals surface area contributed by atoms with Crippen molar-refractivity contribution in [2.75, 3.05) is 19.7 Å². The zero-order chi connectivity index (χ0) is 18.2. The predicted octanol–water partition coefficient (Wildman–Crippen LogP) is 3.23. The van der Waals surface area contributed by atoms with Gasteiger partial charge in [0.2, 0.25) is 5.91 Å². The van der Waals surface area contributed by atoms with E-state index in [-0.39, 0.29) is 37.0 Å². The maximum absolute atomic E-state index is 13.4. The predicted molar refractivity (Wildman–Crippen MR) is 87.3 cm³/mol. The Morgan fingerprint density at radius 3 is 2.80 bits per heavy atom. The van der Waals surface area contributed by atoms with Gasteiger partial charge in [-0.2, -0.15) is 0 Å². The first-order valence-electron chi connectivity index (χ1n) is 8.53. The summed E-state index contributed by atoms with van der Waals surface area (Å²) in [6.45, 7) is 1.46. The summed E-state index contributed by atoms with van der Waals surface area (Å²) < 4.78 is 31.5. The van der Waals surface area contributed by atoms with E-state index in [1.54, 1.807) is 4.90 Å². The van der Waals surface area contributed by atoms with Crippen LogP contribution in [0.25, 0.3) is 0 Å². The first-order chi connectivity index (χ1) is 12.0. The average Bonchev–Trinajstić information content (AvgIpc) is 2.58. The quantitative estimate of drug-likeness (QED) is 0.727. The lowest BCUT2D eigenvalue weighted by Crippen LogP contribution is -2.40. The van der Waals surface area contributed by atoms with Gasteiger partial charge in [0.05, 0.1) is 6.61 Å². The standard InChI is InChI=1S/C18H23F2NO4/c19-14-6-7-16(15(20)11-14)25-10-2-4-17(22)21-9-1-3-13(12-21)5-8-18(23)24/h6-7,11,13H,1-5,8-10,12H2,(H,23,24)/t13-/m1/s1. The SMILES string of the molecule is O=C(O)CC[C@H]1CCCN(C(=O)CCCOc2ccc(F)cc2F)C1. The van der Waals surface area contributed by atoms with E-state index in [0.29, 0.717) is 25.9 Å². The number of ether oxygens (including phenoxy) is 1. The topological polar surface area (TPSA) is 66.8 Å². The lowest BCUT2D eigenvalue weighted by Gasteiger charge is -2.32. The van der Waals surface area contributed by atoms with Crippen molar-refractivity contribution in [3.05, 3.63) is 29.8 Å². The first-order valence-corrected chi connectivity index (χ1v) is 8.53. The maximum atomic E-state index is 13.4. The smallest absolute Gasteiger partial charge is 0.303 e. The van der Waals surface area contributed by atoms with Gasteiger partial charge in [0.25, 0.3) is 0 Å². The Balaban J connectivity index is 1.69. The molecule has 0 spiro atoms. The van der Waals surface area contributed by atoms with E-state index >= 15 is 0 Å². The molecular weight excluding hydrogens is 332 g/mol. The monoisotopic (exact) mass is 355 g/mol. The Bertz CT molecular complexity index is 609. The maximum Gasteiger partial charge on any atom is 0.303 e. The summed E-state index contributed by atoms with van der Waals surface area (Å²) in [5.41, 5.74) is 0. The fourth-order valence-electron chi connectivity index (χ4n) is 3.01. The highest BCUT2D eigenvalue weighted by Gasteiger charge is 2.23. The number of carboxylic acid groups (broad SMARTS) is 1. The lowest BCUT2D eigenvalue weighted by molar-refractivity contribution is -0.137. The van der Waals surface area contributed by atoms with Gasteiger partial charge in [0, 0.05) is 32.0 Å². The largest absolute Gasteiger partial charge is 0.491 e. The molecule has 0 aliphatic carbocycles. The minimum atomic E-state index is -0.811. The molecule has 2 rings (SSSR count). The number of halogens is 2. The Morgan fingerprint density at radius 1 is 1.28 bits per heavy atom. The number of amides is 1. The number of likely N-dealkylation sites (tertiary alicyclic amines) is 1. The van der Waals surface area contributed by atoms with Crippen LogP contribution >= 0.6 is 0 Å². The highest BCUT2D eigenvalue weighted by molar-refractivity contribution is 5.76. The van der Waals surface area contributed by atoms with Crippen molar-refractivity contribution in [3.63, 3.8) is 0 Å². The Kier molecular flexibility index (Phi) is 7.16. The van der Waals surface area contributed by atoms with Crippen molar-refractivity contribution in [3.8, 4) is 5.75 Å². The van der Waals surface area contributed by atoms with Crippen LogP contribution in [0.15, 0.2) is 18.2 Å². The number of benzene rings is 1. The molecule has 0 aromatic heterocycles. The molecule has 25 heavy (non-hydrogen) atoms. The van der Waals surface area contributed by atoms with Crippen molar-refractivity contribution in [2.24, 2.45) is 5.92 Å². The number of hydrogen-bond donors (Lipinski definition) is 1. The average molecular weight is 355 g/mol. The van der Waals surface area contributed by atoms with E-state index in [0.717, 1.165) is 25.0 Å². The third-order valence-corrected chi connectivity index (χ3v) is 4.32. The fraction of sp³-hybridized carbons (Fsp3) is 0.556. The van der Waals surface area contributed by atoms with Gasteiger partial charge in [0.15, 0.2) is 11.6 Å². The van der Waals surface area contributed by atoms with E-state index in [1.165, 1.54) is 6.07 Å². The van der Waals surface area contributed by atoms with Crippen molar-refractivity contribution >= 4 is 11.9 Å². The van der Waals surface area contributed by atoms with Gasteiger partial charge in [-0.25, -0.2) is 8.78 Å². The molecule has 1 aliphatic rings. The number of rotatable bonds is 8. The van der Waals surface area contributed by atoms with Crippen LogP contribution in [0.5, 0.6) is 5.75 Å². The number of carboxylic acids is 1. The van der Waals surface area contributed by atoms with Gasteiger partial charge >= 0.3 is 5.97 Å². The summed E-state index contributed by atoms with van der Waals surface area (Å²) in [6.07, 6.45) is 3.27. The van der Waals surface area contributed by atoms with Crippen LogP contribution in [0, 0.1) is 17.6 Å². The number of aliphatic carboxylic acids is 1. The van der Waals surface area contributed by atoms with Gasteiger partial charge in [-0.05, 0) is 43.7 Å². The number of piperidine rings is 1. The number of nitrogens with zero attached hydrogens (tertiary/aromatic N) is 1. The molecule has 1 aromatic rings. The van der Waals surface area contributed by atoms with Crippen LogP contribution in [0.2, 0.25) is 0 Å². The highest BCUT2D eigenvalue weighted by Crippen LogP contribution is 2.22. The van der Waals surface area contributed by atoms with E-state index in [4.69, 9.17) is 9.84 Å². The summed E-state index contributed by atoms with van der Waals surface area (Å²) in [6, 6.07) is 3.10. The summed E-state index contributed by atoms with van der Waals surface area (Å²) in [4.78, 5) is 24.7. The van der Waals surface area contributed by atoms with Crippen LogP contribution in [0.1, 0.15) is 38.5 Å². The molecule has 1 heterocycles. The molecule has 1 aliphatic heterocycles. The molecule has 7 heteroatoms. The second-order valence-electron chi connectivity index (χ2n) is 6.31. The van der Waals surface area contributed by atoms with E-state index < -0.39 is 17.6 Å². The molecule has 138 valence electrons. The van der Waals surface area contributed by atoms with Crippen molar-refractivity contribution in [2.45, 2.75) is 38.5 Å². The second kappa shape index (κ2) is 9.34. The van der Waals surface area contributed by atoms with Crippen molar-refractivity contribution < 1.29 is 28.2 Å². The minimum absolute atomic E-state index is 0.00297. The van der Waals surface area contributed by atoms with E-state index in [9.17, 15) is 18.4 Å². The van der Waals surface area contributed by atoms with Gasteiger partial charge in [0.1, 0.15) is 5.82 Å². The molecule has 1 N–H and O–H groups in total. The molecule has 0 radical (unpaired) electrons. The molecule has 1 amide bonds. The van der Waals surface area contributed by atoms with Crippen molar-refractivity contribution in [1.82, 2.24) is 4.90 Å². The summed E-state index contributed by atoms with van der Waals surface area (Å²) >= 11 is 0. The molecule has 0 unspecified atom stereocenters. The molecule has 1 aromatic carbocycles. The van der Waals surface area contributed by atoms with Gasteiger partial charge in [-0.1, -0.05) is 0 Å². The normalized spacial score (nSPS) is 17.4. The fourth-order valence-corrected chi connectivity index (χ4v) is 3.01. The minimum Gasteiger partial charge on any atom is -0.491 e. The number of carbonyl (C=O) groups is 2. The van der Waals surface area contributed by atoms with Crippen LogP contribution in [-0.4, -0.2) is 41.6 Å². The van der Waals surface area contributed by atoms with E-state index in [1.807, 2.05) is 0 Å². The van der Waals surface area contributed by atoms with Gasteiger partial charge in [-0.3, -0.25) is 9.59 Å².